The quantitative estimate of drug-likeness (QED) is 0.629. The highest BCUT2D eigenvalue weighted by molar-refractivity contribution is 5.78. The van der Waals surface area contributed by atoms with E-state index < -0.39 is 0 Å². The summed E-state index contributed by atoms with van der Waals surface area (Å²) in [6, 6.07) is 15.8. The predicted molar refractivity (Wildman–Crippen MR) is 117 cm³/mol. The number of amides is 1. The Balaban J connectivity index is 1.42. The molecule has 7 nitrogen and oxygen atoms in total. The minimum atomic E-state index is 0.0542. The molecule has 0 radical (unpaired) electrons. The van der Waals surface area contributed by atoms with Crippen molar-refractivity contribution in [2.75, 3.05) is 26.7 Å². The third-order valence-corrected chi connectivity index (χ3v) is 5.27. The first-order chi connectivity index (χ1) is 15.1. The van der Waals surface area contributed by atoms with E-state index in [1.165, 1.54) is 5.56 Å². The van der Waals surface area contributed by atoms with Crippen molar-refractivity contribution in [1.82, 2.24) is 15.4 Å². The molecule has 1 N–H and O–H groups in total. The topological polar surface area (TPSA) is 76.8 Å². The Bertz CT molecular complexity index is 1030. The first-order valence-corrected chi connectivity index (χ1v) is 10.4. The average Bonchev–Trinajstić information content (AvgIpc) is 3.15. The standard InChI is InChI=1S/C24H27N3O4/c1-17-4-6-18(7-5-17)22-13-21(31-26-22)16-30-20-8-9-23(29-2)19(12-20)14-27-11-3-10-25-24(28)15-27/h4-9,12-13H,3,10-11,14-16H2,1-2H3,(H,25,28). The zero-order valence-electron chi connectivity index (χ0n) is 17.9. The van der Waals surface area contributed by atoms with Gasteiger partial charge in [0.2, 0.25) is 5.91 Å². The van der Waals surface area contributed by atoms with E-state index in [1.54, 1.807) is 7.11 Å². The lowest BCUT2D eigenvalue weighted by molar-refractivity contribution is -0.121. The number of hydrogen-bond donors (Lipinski definition) is 1. The highest BCUT2D eigenvalue weighted by atomic mass is 16.5. The number of aryl methyl sites for hydroxylation is 1. The SMILES string of the molecule is COc1ccc(OCc2cc(-c3ccc(C)cc3)no2)cc1CN1CCCNC(=O)C1. The maximum Gasteiger partial charge on any atom is 0.234 e. The Morgan fingerprint density at radius 2 is 2.00 bits per heavy atom. The van der Waals surface area contributed by atoms with E-state index >= 15 is 0 Å². The number of methoxy groups -OCH3 is 1. The molecule has 0 bridgehead atoms. The summed E-state index contributed by atoms with van der Waals surface area (Å²) in [5, 5.41) is 7.05. The van der Waals surface area contributed by atoms with Crippen LogP contribution in [0.5, 0.6) is 11.5 Å². The zero-order valence-corrected chi connectivity index (χ0v) is 17.9. The van der Waals surface area contributed by atoms with Crippen LogP contribution in [0.15, 0.2) is 53.1 Å². The number of benzene rings is 2. The summed E-state index contributed by atoms with van der Waals surface area (Å²) in [7, 11) is 1.65. The van der Waals surface area contributed by atoms with Gasteiger partial charge in [-0.05, 0) is 31.5 Å². The molecule has 0 unspecified atom stereocenters. The molecular weight excluding hydrogens is 394 g/mol. The van der Waals surface area contributed by atoms with Crippen molar-refractivity contribution in [3.63, 3.8) is 0 Å². The highest BCUT2D eigenvalue weighted by Crippen LogP contribution is 2.27. The van der Waals surface area contributed by atoms with Gasteiger partial charge in [0.25, 0.3) is 0 Å². The lowest BCUT2D eigenvalue weighted by atomic mass is 10.1. The lowest BCUT2D eigenvalue weighted by Crippen LogP contribution is -2.32. The third-order valence-electron chi connectivity index (χ3n) is 5.27. The predicted octanol–water partition coefficient (Wildman–Crippen LogP) is 3.56. The summed E-state index contributed by atoms with van der Waals surface area (Å²) in [4.78, 5) is 14.0. The van der Waals surface area contributed by atoms with Crippen LogP contribution in [-0.4, -0.2) is 42.7 Å². The molecule has 3 aromatic rings. The van der Waals surface area contributed by atoms with Crippen LogP contribution in [0.2, 0.25) is 0 Å². The van der Waals surface area contributed by atoms with Gasteiger partial charge in [-0.2, -0.15) is 0 Å². The number of nitrogens with one attached hydrogen (secondary N) is 1. The molecule has 0 saturated carbocycles. The zero-order chi connectivity index (χ0) is 21.6. The van der Waals surface area contributed by atoms with Gasteiger partial charge in [-0.15, -0.1) is 0 Å². The van der Waals surface area contributed by atoms with E-state index in [1.807, 2.05) is 48.5 Å². The minimum absolute atomic E-state index is 0.0542. The molecule has 7 heteroatoms. The molecular formula is C24H27N3O4. The summed E-state index contributed by atoms with van der Waals surface area (Å²) < 4.78 is 16.9. The van der Waals surface area contributed by atoms with Crippen molar-refractivity contribution in [2.45, 2.75) is 26.5 Å². The molecule has 0 atom stereocenters. The highest BCUT2D eigenvalue weighted by Gasteiger charge is 2.17. The van der Waals surface area contributed by atoms with Gasteiger partial charge in [0.15, 0.2) is 5.76 Å². The van der Waals surface area contributed by atoms with Crippen molar-refractivity contribution in [3.8, 4) is 22.8 Å². The van der Waals surface area contributed by atoms with E-state index in [4.69, 9.17) is 14.0 Å². The second-order valence-electron chi connectivity index (χ2n) is 7.72. The van der Waals surface area contributed by atoms with Gasteiger partial charge in [-0.25, -0.2) is 0 Å². The van der Waals surface area contributed by atoms with Crippen LogP contribution in [0.4, 0.5) is 0 Å². The normalized spacial score (nSPS) is 14.7. The maximum atomic E-state index is 11.9. The molecule has 2 heterocycles. The number of ether oxygens (including phenoxy) is 2. The van der Waals surface area contributed by atoms with Crippen LogP contribution in [0.1, 0.15) is 23.3 Å². The molecule has 1 aromatic heterocycles. The van der Waals surface area contributed by atoms with Gasteiger partial charge in [-0.1, -0.05) is 35.0 Å². The fourth-order valence-electron chi connectivity index (χ4n) is 3.61. The molecule has 1 fully saturated rings. The molecule has 162 valence electrons. The molecule has 4 rings (SSSR count). The monoisotopic (exact) mass is 421 g/mol. The molecule has 1 aliphatic rings. The van der Waals surface area contributed by atoms with E-state index in [0.29, 0.717) is 24.6 Å². The molecule has 31 heavy (non-hydrogen) atoms. The molecule has 0 spiro atoms. The van der Waals surface area contributed by atoms with Crippen LogP contribution in [0.25, 0.3) is 11.3 Å². The Morgan fingerprint density at radius 1 is 1.16 bits per heavy atom. The van der Waals surface area contributed by atoms with Crippen molar-refractivity contribution in [2.24, 2.45) is 0 Å². The molecule has 0 aliphatic carbocycles. The Labute approximate surface area is 181 Å². The van der Waals surface area contributed by atoms with E-state index in [2.05, 4.69) is 22.3 Å². The van der Waals surface area contributed by atoms with E-state index in [-0.39, 0.29) is 12.5 Å². The van der Waals surface area contributed by atoms with Crippen molar-refractivity contribution >= 4 is 5.91 Å². The smallest absolute Gasteiger partial charge is 0.234 e. The molecule has 1 aliphatic heterocycles. The summed E-state index contributed by atoms with van der Waals surface area (Å²) in [6.45, 7) is 4.90. The van der Waals surface area contributed by atoms with Crippen LogP contribution in [0.3, 0.4) is 0 Å². The molecule has 2 aromatic carbocycles. The van der Waals surface area contributed by atoms with E-state index in [9.17, 15) is 4.79 Å². The van der Waals surface area contributed by atoms with Crippen molar-refractivity contribution in [3.05, 3.63) is 65.4 Å². The summed E-state index contributed by atoms with van der Waals surface area (Å²) in [6.07, 6.45) is 0.930. The molecule has 1 saturated heterocycles. The largest absolute Gasteiger partial charge is 0.496 e. The Morgan fingerprint density at radius 3 is 2.81 bits per heavy atom. The minimum Gasteiger partial charge on any atom is -0.496 e. The van der Waals surface area contributed by atoms with Gasteiger partial charge in [0.05, 0.1) is 13.7 Å². The number of carbonyl (C=O) groups is 1. The Hall–Kier alpha value is -3.32. The maximum absolute atomic E-state index is 11.9. The van der Waals surface area contributed by atoms with Crippen molar-refractivity contribution in [1.29, 1.82) is 0 Å². The number of rotatable bonds is 7. The fourth-order valence-corrected chi connectivity index (χ4v) is 3.61. The van der Waals surface area contributed by atoms with Gasteiger partial charge < -0.3 is 19.3 Å². The van der Waals surface area contributed by atoms with Crippen LogP contribution < -0.4 is 14.8 Å². The van der Waals surface area contributed by atoms with Crippen molar-refractivity contribution < 1.29 is 18.8 Å². The third kappa shape index (κ3) is 5.44. The summed E-state index contributed by atoms with van der Waals surface area (Å²) >= 11 is 0. The second-order valence-corrected chi connectivity index (χ2v) is 7.72. The summed E-state index contributed by atoms with van der Waals surface area (Å²) in [5.41, 5.74) is 3.97. The van der Waals surface area contributed by atoms with Gasteiger partial charge >= 0.3 is 0 Å². The van der Waals surface area contributed by atoms with Gasteiger partial charge in [-0.3, -0.25) is 9.69 Å². The van der Waals surface area contributed by atoms with E-state index in [0.717, 1.165) is 42.1 Å². The fraction of sp³-hybridized carbons (Fsp3) is 0.333. The first kappa shape index (κ1) is 20.9. The number of nitrogens with zero attached hydrogens (tertiary/aromatic N) is 2. The molecule has 1 amide bonds. The first-order valence-electron chi connectivity index (χ1n) is 10.4. The van der Waals surface area contributed by atoms with Crippen LogP contribution in [0, 0.1) is 6.92 Å². The second kappa shape index (κ2) is 9.66. The number of aromatic nitrogens is 1. The Kier molecular flexibility index (Phi) is 6.52. The van der Waals surface area contributed by atoms with Crippen LogP contribution >= 0.6 is 0 Å². The summed E-state index contributed by atoms with van der Waals surface area (Å²) in [5.74, 6) is 2.19. The average molecular weight is 421 g/mol. The van der Waals surface area contributed by atoms with Gasteiger partial charge in [0, 0.05) is 36.8 Å². The number of carbonyl (C=O) groups excluding carboxylic acids is 1. The number of hydrogen-bond acceptors (Lipinski definition) is 6. The lowest BCUT2D eigenvalue weighted by Gasteiger charge is -2.20. The van der Waals surface area contributed by atoms with Crippen LogP contribution in [-0.2, 0) is 17.9 Å². The van der Waals surface area contributed by atoms with Gasteiger partial charge in [0.1, 0.15) is 23.8 Å².